The standard InChI is InChI=1S/C22H28N6O/c1-17-23-21(27-13-15-29-16-14-27)19-22(24-17)28(12-11-26-9-5-6-10-26)20(25-19)18-7-3-2-4-8-18/h2-4,7-8H,5-6,9-16H2,1H3. The molecule has 1 aromatic carbocycles. The van der Waals surface area contributed by atoms with Crippen molar-refractivity contribution in [1.29, 1.82) is 0 Å². The maximum Gasteiger partial charge on any atom is 0.166 e. The summed E-state index contributed by atoms with van der Waals surface area (Å²) in [4.78, 5) is 19.5. The van der Waals surface area contributed by atoms with E-state index in [0.717, 1.165) is 73.6 Å². The molecule has 5 rings (SSSR count). The highest BCUT2D eigenvalue weighted by atomic mass is 16.5. The predicted octanol–water partition coefficient (Wildman–Crippen LogP) is 2.73. The molecule has 2 saturated heterocycles. The molecule has 7 heteroatoms. The van der Waals surface area contributed by atoms with Gasteiger partial charge in [-0.3, -0.25) is 0 Å². The summed E-state index contributed by atoms with van der Waals surface area (Å²) in [5.41, 5.74) is 2.97. The van der Waals surface area contributed by atoms with E-state index in [9.17, 15) is 0 Å². The smallest absolute Gasteiger partial charge is 0.166 e. The summed E-state index contributed by atoms with van der Waals surface area (Å²) in [5.74, 6) is 2.71. The fourth-order valence-electron chi connectivity index (χ4n) is 4.35. The van der Waals surface area contributed by atoms with Crippen molar-refractivity contribution in [1.82, 2.24) is 24.4 Å². The molecule has 0 radical (unpaired) electrons. The van der Waals surface area contributed by atoms with E-state index < -0.39 is 0 Å². The third-order valence-corrected chi connectivity index (χ3v) is 5.87. The van der Waals surface area contributed by atoms with E-state index in [1.54, 1.807) is 0 Å². The van der Waals surface area contributed by atoms with E-state index in [1.807, 2.05) is 13.0 Å². The van der Waals surface area contributed by atoms with Crippen molar-refractivity contribution in [2.75, 3.05) is 50.8 Å². The first-order chi connectivity index (χ1) is 14.3. The molecular weight excluding hydrogens is 364 g/mol. The number of anilines is 1. The van der Waals surface area contributed by atoms with Crippen molar-refractivity contribution in [3.63, 3.8) is 0 Å². The minimum Gasteiger partial charge on any atom is -0.378 e. The number of rotatable bonds is 5. The molecular formula is C22H28N6O. The molecule has 2 aromatic heterocycles. The lowest BCUT2D eigenvalue weighted by molar-refractivity contribution is 0.122. The van der Waals surface area contributed by atoms with Gasteiger partial charge in [-0.25, -0.2) is 15.0 Å². The van der Waals surface area contributed by atoms with Crippen molar-refractivity contribution in [2.24, 2.45) is 0 Å². The molecule has 7 nitrogen and oxygen atoms in total. The van der Waals surface area contributed by atoms with Crippen LogP contribution in [0, 0.1) is 6.92 Å². The number of hydrogen-bond donors (Lipinski definition) is 0. The Hall–Kier alpha value is -2.51. The molecule has 0 unspecified atom stereocenters. The molecule has 29 heavy (non-hydrogen) atoms. The van der Waals surface area contributed by atoms with Crippen LogP contribution in [-0.4, -0.2) is 70.4 Å². The van der Waals surface area contributed by atoms with Crippen LogP contribution in [0.1, 0.15) is 18.7 Å². The molecule has 0 saturated carbocycles. The van der Waals surface area contributed by atoms with Crippen molar-refractivity contribution < 1.29 is 4.74 Å². The number of ether oxygens (including phenoxy) is 1. The van der Waals surface area contributed by atoms with E-state index >= 15 is 0 Å². The zero-order valence-electron chi connectivity index (χ0n) is 17.0. The first-order valence-corrected chi connectivity index (χ1v) is 10.6. The Balaban J connectivity index is 1.61. The number of hydrogen-bond acceptors (Lipinski definition) is 6. The van der Waals surface area contributed by atoms with Gasteiger partial charge in [0, 0.05) is 31.7 Å². The lowest BCUT2D eigenvalue weighted by Crippen LogP contribution is -2.37. The number of aryl methyl sites for hydroxylation is 1. The molecule has 2 fully saturated rings. The van der Waals surface area contributed by atoms with Gasteiger partial charge < -0.3 is 19.1 Å². The van der Waals surface area contributed by atoms with Gasteiger partial charge in [0.2, 0.25) is 0 Å². The second kappa shape index (κ2) is 8.08. The fourth-order valence-corrected chi connectivity index (χ4v) is 4.35. The molecule has 0 N–H and O–H groups in total. The van der Waals surface area contributed by atoms with E-state index in [2.05, 4.69) is 38.6 Å². The van der Waals surface area contributed by atoms with Gasteiger partial charge >= 0.3 is 0 Å². The summed E-state index contributed by atoms with van der Waals surface area (Å²) in [6.45, 7) is 9.42. The van der Waals surface area contributed by atoms with Gasteiger partial charge in [0.25, 0.3) is 0 Å². The number of nitrogens with zero attached hydrogens (tertiary/aromatic N) is 6. The highest BCUT2D eigenvalue weighted by molar-refractivity contribution is 5.87. The lowest BCUT2D eigenvalue weighted by Gasteiger charge is -2.28. The number of aromatic nitrogens is 4. The first kappa shape index (κ1) is 18.5. The third kappa shape index (κ3) is 3.72. The number of likely N-dealkylation sites (tertiary alicyclic amines) is 1. The normalized spacial score (nSPS) is 18.0. The van der Waals surface area contributed by atoms with Gasteiger partial charge in [-0.1, -0.05) is 30.3 Å². The molecule has 0 atom stereocenters. The van der Waals surface area contributed by atoms with E-state index in [1.165, 1.54) is 25.9 Å². The first-order valence-electron chi connectivity index (χ1n) is 10.6. The van der Waals surface area contributed by atoms with Gasteiger partial charge in [-0.2, -0.15) is 0 Å². The summed E-state index contributed by atoms with van der Waals surface area (Å²) >= 11 is 0. The van der Waals surface area contributed by atoms with E-state index in [4.69, 9.17) is 19.7 Å². The minimum atomic E-state index is 0.728. The van der Waals surface area contributed by atoms with Crippen molar-refractivity contribution in [3.05, 3.63) is 36.2 Å². The predicted molar refractivity (Wildman–Crippen MR) is 114 cm³/mol. The molecule has 0 bridgehead atoms. The molecule has 2 aliphatic heterocycles. The number of fused-ring (bicyclic) bond motifs is 1. The zero-order chi connectivity index (χ0) is 19.6. The molecule has 0 aliphatic carbocycles. The summed E-state index contributed by atoms with van der Waals surface area (Å²) < 4.78 is 7.83. The highest BCUT2D eigenvalue weighted by Crippen LogP contribution is 2.29. The summed E-state index contributed by atoms with van der Waals surface area (Å²) in [6, 6.07) is 10.4. The maximum atomic E-state index is 5.54. The topological polar surface area (TPSA) is 59.3 Å². The van der Waals surface area contributed by atoms with Crippen LogP contribution in [0.3, 0.4) is 0 Å². The van der Waals surface area contributed by atoms with Gasteiger partial charge in [-0.15, -0.1) is 0 Å². The van der Waals surface area contributed by atoms with Crippen LogP contribution in [0.2, 0.25) is 0 Å². The van der Waals surface area contributed by atoms with Gasteiger partial charge in [0.1, 0.15) is 11.6 Å². The maximum absolute atomic E-state index is 5.54. The van der Waals surface area contributed by atoms with Gasteiger partial charge in [0.15, 0.2) is 17.0 Å². The number of benzene rings is 1. The van der Waals surface area contributed by atoms with E-state index in [0.29, 0.717) is 0 Å². The van der Waals surface area contributed by atoms with Crippen molar-refractivity contribution >= 4 is 17.0 Å². The van der Waals surface area contributed by atoms with Crippen LogP contribution in [0.4, 0.5) is 5.82 Å². The second-order valence-electron chi connectivity index (χ2n) is 7.87. The van der Waals surface area contributed by atoms with Gasteiger partial charge in [0.05, 0.1) is 13.2 Å². The average molecular weight is 393 g/mol. The van der Waals surface area contributed by atoms with Crippen LogP contribution in [-0.2, 0) is 11.3 Å². The fraction of sp³-hybridized carbons (Fsp3) is 0.500. The molecule has 0 spiro atoms. The molecule has 3 aromatic rings. The highest BCUT2D eigenvalue weighted by Gasteiger charge is 2.23. The van der Waals surface area contributed by atoms with Crippen LogP contribution in [0.25, 0.3) is 22.6 Å². The molecule has 2 aliphatic rings. The minimum absolute atomic E-state index is 0.728. The van der Waals surface area contributed by atoms with Gasteiger partial charge in [-0.05, 0) is 32.9 Å². The quantitative estimate of drug-likeness (QED) is 0.665. The summed E-state index contributed by atoms with van der Waals surface area (Å²) in [5, 5.41) is 0. The van der Waals surface area contributed by atoms with E-state index in [-0.39, 0.29) is 0 Å². The molecule has 152 valence electrons. The summed E-state index contributed by atoms with van der Waals surface area (Å²) in [7, 11) is 0. The third-order valence-electron chi connectivity index (χ3n) is 5.87. The van der Waals surface area contributed by atoms with Crippen LogP contribution in [0.15, 0.2) is 30.3 Å². The lowest BCUT2D eigenvalue weighted by atomic mass is 10.2. The molecule has 0 amide bonds. The molecule has 4 heterocycles. The zero-order valence-corrected chi connectivity index (χ0v) is 17.0. The van der Waals surface area contributed by atoms with Crippen molar-refractivity contribution in [3.8, 4) is 11.4 Å². The average Bonchev–Trinajstić information content (AvgIpc) is 3.41. The number of morpholine rings is 1. The Morgan fingerprint density at radius 2 is 1.66 bits per heavy atom. The largest absolute Gasteiger partial charge is 0.378 e. The van der Waals surface area contributed by atoms with Crippen molar-refractivity contribution in [2.45, 2.75) is 26.3 Å². The Kier molecular flexibility index (Phi) is 5.16. The van der Waals surface area contributed by atoms with Crippen LogP contribution >= 0.6 is 0 Å². The Morgan fingerprint density at radius 1 is 0.897 bits per heavy atom. The van der Waals surface area contributed by atoms with Crippen LogP contribution < -0.4 is 4.90 Å². The SMILES string of the molecule is Cc1nc(N2CCOCC2)c2nc(-c3ccccc3)n(CCN3CCCC3)c2n1. The Bertz CT molecular complexity index is 974. The second-order valence-corrected chi connectivity index (χ2v) is 7.87. The van der Waals surface area contributed by atoms with Crippen LogP contribution in [0.5, 0.6) is 0 Å². The Morgan fingerprint density at radius 3 is 2.41 bits per heavy atom. The Labute approximate surface area is 171 Å². The summed E-state index contributed by atoms with van der Waals surface area (Å²) in [6.07, 6.45) is 2.61. The monoisotopic (exact) mass is 392 g/mol. The number of imidazole rings is 1.